The molecule has 4 rings (SSSR count). The minimum absolute atomic E-state index is 0.00211. The average Bonchev–Trinajstić information content (AvgIpc) is 3.40. The molecule has 3 atom stereocenters. The van der Waals surface area contributed by atoms with Crippen LogP contribution >= 0.6 is 0 Å². The summed E-state index contributed by atoms with van der Waals surface area (Å²) in [6.45, 7) is 2.70. The first-order chi connectivity index (χ1) is 13.9. The van der Waals surface area contributed by atoms with Gasteiger partial charge in [0.2, 0.25) is 5.91 Å². The van der Waals surface area contributed by atoms with E-state index >= 15 is 0 Å². The topological polar surface area (TPSA) is 95.9 Å². The lowest BCUT2D eigenvalue weighted by molar-refractivity contribution is -0.138. The van der Waals surface area contributed by atoms with E-state index in [4.69, 9.17) is 4.74 Å². The maximum atomic E-state index is 13.4. The molecule has 7 nitrogen and oxygen atoms in total. The van der Waals surface area contributed by atoms with E-state index in [0.717, 1.165) is 25.7 Å². The third kappa shape index (κ3) is 4.01. The van der Waals surface area contributed by atoms with Gasteiger partial charge >= 0.3 is 0 Å². The first-order valence-corrected chi connectivity index (χ1v) is 10.4. The van der Waals surface area contributed by atoms with Crippen LogP contribution in [0.1, 0.15) is 55.8 Å². The van der Waals surface area contributed by atoms with Crippen LogP contribution in [0.25, 0.3) is 0 Å². The van der Waals surface area contributed by atoms with E-state index < -0.39 is 12.1 Å². The highest BCUT2D eigenvalue weighted by molar-refractivity contribution is 5.99. The number of hydrogen-bond acceptors (Lipinski definition) is 5. The molecule has 0 radical (unpaired) electrons. The predicted molar refractivity (Wildman–Crippen MR) is 105 cm³/mol. The fourth-order valence-electron chi connectivity index (χ4n) is 5.02. The Morgan fingerprint density at radius 3 is 2.66 bits per heavy atom. The van der Waals surface area contributed by atoms with Crippen molar-refractivity contribution < 1.29 is 24.2 Å². The SMILES string of the molecule is CC1(C[C@H](NC(=O)c2ccc(O)cc2)C(=O)N2CCC3OCC(=O)C32)CCCC1. The summed E-state index contributed by atoms with van der Waals surface area (Å²) in [5.41, 5.74) is 0.384. The van der Waals surface area contributed by atoms with Crippen molar-refractivity contribution in [2.75, 3.05) is 13.2 Å². The predicted octanol–water partition coefficient (Wildman–Crippen LogP) is 2.03. The van der Waals surface area contributed by atoms with E-state index in [0.29, 0.717) is 24.9 Å². The normalized spacial score (nSPS) is 26.4. The van der Waals surface area contributed by atoms with Crippen LogP contribution in [-0.2, 0) is 14.3 Å². The molecule has 2 N–H and O–H groups in total. The van der Waals surface area contributed by atoms with Gasteiger partial charge in [0.05, 0.1) is 6.10 Å². The van der Waals surface area contributed by atoms with Crippen LogP contribution in [-0.4, -0.2) is 58.9 Å². The van der Waals surface area contributed by atoms with Crippen LogP contribution in [0.15, 0.2) is 24.3 Å². The van der Waals surface area contributed by atoms with Gasteiger partial charge in [-0.3, -0.25) is 14.4 Å². The van der Waals surface area contributed by atoms with Crippen molar-refractivity contribution >= 4 is 17.6 Å². The number of phenols is 1. The number of benzene rings is 1. The highest BCUT2D eigenvalue weighted by atomic mass is 16.5. The van der Waals surface area contributed by atoms with E-state index in [2.05, 4.69) is 12.2 Å². The zero-order valence-corrected chi connectivity index (χ0v) is 16.7. The zero-order chi connectivity index (χ0) is 20.6. The lowest BCUT2D eigenvalue weighted by Crippen LogP contribution is -2.53. The molecule has 1 aromatic carbocycles. The summed E-state index contributed by atoms with van der Waals surface area (Å²) in [7, 11) is 0. The number of nitrogens with zero attached hydrogens (tertiary/aromatic N) is 1. The van der Waals surface area contributed by atoms with Crippen molar-refractivity contribution in [1.29, 1.82) is 0 Å². The molecule has 29 heavy (non-hydrogen) atoms. The van der Waals surface area contributed by atoms with Gasteiger partial charge in [-0.05, 0) is 55.4 Å². The second-order valence-electron chi connectivity index (χ2n) is 8.88. The molecular weight excluding hydrogens is 372 g/mol. The van der Waals surface area contributed by atoms with E-state index in [1.807, 2.05) is 0 Å². The Kier molecular flexibility index (Phi) is 5.34. The summed E-state index contributed by atoms with van der Waals surface area (Å²) in [4.78, 5) is 40.1. The Hall–Kier alpha value is -2.41. The molecule has 2 aliphatic heterocycles. The van der Waals surface area contributed by atoms with E-state index in [-0.39, 0.29) is 41.5 Å². The summed E-state index contributed by atoms with van der Waals surface area (Å²) in [6.07, 6.45) is 5.30. The maximum Gasteiger partial charge on any atom is 0.251 e. The number of aromatic hydroxyl groups is 1. The molecule has 1 aromatic rings. The van der Waals surface area contributed by atoms with Crippen LogP contribution in [0.5, 0.6) is 5.75 Å². The Labute approximate surface area is 170 Å². The number of rotatable bonds is 5. The molecule has 1 saturated carbocycles. The molecule has 7 heteroatoms. The number of likely N-dealkylation sites (tertiary alicyclic amines) is 1. The lowest BCUT2D eigenvalue weighted by atomic mass is 9.81. The van der Waals surface area contributed by atoms with Crippen LogP contribution in [0, 0.1) is 5.41 Å². The van der Waals surface area contributed by atoms with E-state index in [1.54, 1.807) is 4.90 Å². The Morgan fingerprint density at radius 1 is 1.28 bits per heavy atom. The van der Waals surface area contributed by atoms with Crippen molar-refractivity contribution in [3.63, 3.8) is 0 Å². The summed E-state index contributed by atoms with van der Waals surface area (Å²) in [5, 5.41) is 12.4. The maximum absolute atomic E-state index is 13.4. The van der Waals surface area contributed by atoms with E-state index in [1.165, 1.54) is 24.3 Å². The Morgan fingerprint density at radius 2 is 1.97 bits per heavy atom. The first-order valence-electron chi connectivity index (χ1n) is 10.4. The third-order valence-electron chi connectivity index (χ3n) is 6.64. The zero-order valence-electron chi connectivity index (χ0n) is 16.7. The fourth-order valence-corrected chi connectivity index (χ4v) is 5.02. The minimum atomic E-state index is -0.688. The van der Waals surface area contributed by atoms with Gasteiger partial charge in [-0.1, -0.05) is 19.8 Å². The Balaban J connectivity index is 1.54. The van der Waals surface area contributed by atoms with Crippen molar-refractivity contribution in [1.82, 2.24) is 10.2 Å². The Bertz CT molecular complexity index is 800. The van der Waals surface area contributed by atoms with Gasteiger partial charge in [-0.25, -0.2) is 0 Å². The van der Waals surface area contributed by atoms with Crippen molar-refractivity contribution in [2.24, 2.45) is 5.41 Å². The summed E-state index contributed by atoms with van der Waals surface area (Å²) >= 11 is 0. The summed E-state index contributed by atoms with van der Waals surface area (Å²) in [5.74, 6) is -0.529. The number of hydrogen-bond donors (Lipinski definition) is 2. The first kappa shape index (κ1) is 19.9. The van der Waals surface area contributed by atoms with Gasteiger partial charge in [0, 0.05) is 12.1 Å². The minimum Gasteiger partial charge on any atom is -0.508 e. The molecule has 3 aliphatic rings. The number of fused-ring (bicyclic) bond motifs is 1. The largest absolute Gasteiger partial charge is 0.508 e. The quantitative estimate of drug-likeness (QED) is 0.788. The molecule has 2 saturated heterocycles. The number of phenolic OH excluding ortho intramolecular Hbond substituents is 1. The molecule has 3 fully saturated rings. The third-order valence-corrected chi connectivity index (χ3v) is 6.64. The summed E-state index contributed by atoms with van der Waals surface area (Å²) < 4.78 is 5.51. The number of carbonyl (C=O) groups excluding carboxylic acids is 3. The fraction of sp³-hybridized carbons (Fsp3) is 0.591. The van der Waals surface area contributed by atoms with Gasteiger partial charge in [-0.2, -0.15) is 0 Å². The van der Waals surface area contributed by atoms with E-state index in [9.17, 15) is 19.5 Å². The number of amides is 2. The van der Waals surface area contributed by atoms with Crippen LogP contribution in [0.3, 0.4) is 0 Å². The summed E-state index contributed by atoms with van der Waals surface area (Å²) in [6, 6.07) is 4.75. The number of Topliss-reactive ketones (excluding diaryl/α,β-unsaturated/α-hetero) is 1. The highest BCUT2D eigenvalue weighted by Gasteiger charge is 2.48. The van der Waals surface area contributed by atoms with Gasteiger partial charge < -0.3 is 20.1 Å². The molecule has 0 spiro atoms. The molecule has 2 heterocycles. The van der Waals surface area contributed by atoms with Gasteiger partial charge in [-0.15, -0.1) is 0 Å². The lowest BCUT2D eigenvalue weighted by Gasteiger charge is -2.33. The monoisotopic (exact) mass is 400 g/mol. The second-order valence-corrected chi connectivity index (χ2v) is 8.88. The number of nitrogens with one attached hydrogen (secondary N) is 1. The number of carbonyl (C=O) groups is 3. The van der Waals surface area contributed by atoms with Crippen LogP contribution in [0.4, 0.5) is 0 Å². The standard InChI is InChI=1S/C22H28N2O5/c1-22(9-2-3-10-22)12-16(23-20(27)14-4-6-15(25)7-5-14)21(28)24-11-8-18-19(24)17(26)13-29-18/h4-7,16,18-19,25H,2-3,8-13H2,1H3,(H,23,27)/t16-,18?,19?/m0/s1. The van der Waals surface area contributed by atoms with Crippen molar-refractivity contribution in [3.8, 4) is 5.75 Å². The molecule has 2 unspecified atom stereocenters. The van der Waals surface area contributed by atoms with Gasteiger partial charge in [0.25, 0.3) is 5.91 Å². The number of ketones is 1. The highest BCUT2D eigenvalue weighted by Crippen LogP contribution is 2.42. The second kappa shape index (κ2) is 7.78. The molecule has 2 amide bonds. The van der Waals surface area contributed by atoms with Crippen molar-refractivity contribution in [3.05, 3.63) is 29.8 Å². The number of ether oxygens (including phenoxy) is 1. The molecule has 0 aromatic heterocycles. The average molecular weight is 400 g/mol. The van der Waals surface area contributed by atoms with Crippen molar-refractivity contribution in [2.45, 2.75) is 63.6 Å². The van der Waals surface area contributed by atoms with Crippen LogP contribution < -0.4 is 5.32 Å². The van der Waals surface area contributed by atoms with Gasteiger partial charge in [0.1, 0.15) is 24.4 Å². The van der Waals surface area contributed by atoms with Gasteiger partial charge in [0.15, 0.2) is 5.78 Å². The molecule has 1 aliphatic carbocycles. The molecular formula is C22H28N2O5. The molecule has 0 bridgehead atoms. The van der Waals surface area contributed by atoms with Crippen LogP contribution in [0.2, 0.25) is 0 Å². The molecule has 156 valence electrons. The smallest absolute Gasteiger partial charge is 0.251 e.